The number of aliphatic hydroxyl groups is 10. The molecule has 1 aliphatic heterocycles. The molecule has 11 heteroatoms. The lowest BCUT2D eigenvalue weighted by Crippen LogP contribution is -2.64. The Bertz CT molecular complexity index is 399. The van der Waals surface area contributed by atoms with Crippen LogP contribution in [0.15, 0.2) is 0 Å². The third-order valence-electron chi connectivity index (χ3n) is 3.71. The zero-order valence-electron chi connectivity index (χ0n) is 13.0. The maximum Gasteiger partial charge on any atom is 0.115 e. The van der Waals surface area contributed by atoms with E-state index >= 15 is 0 Å². The zero-order chi connectivity index (χ0) is 18.8. The van der Waals surface area contributed by atoms with Crippen LogP contribution in [0, 0.1) is 0 Å². The lowest BCUT2D eigenvalue weighted by Gasteiger charge is -2.43. The molecule has 0 aromatic heterocycles. The highest BCUT2D eigenvalue weighted by molar-refractivity contribution is 4.98. The highest BCUT2D eigenvalue weighted by Crippen LogP contribution is 2.25. The minimum atomic E-state index is -2.88. The van der Waals surface area contributed by atoms with Crippen LogP contribution in [-0.2, 0) is 4.74 Å². The van der Waals surface area contributed by atoms with Crippen molar-refractivity contribution in [1.82, 2.24) is 0 Å². The first-order valence-electron chi connectivity index (χ1n) is 7.37. The molecule has 1 rings (SSSR count). The summed E-state index contributed by atoms with van der Waals surface area (Å²) in [6.45, 7) is -1.85. The Hall–Kier alpha value is -0.440. The fourth-order valence-electron chi connectivity index (χ4n) is 2.17. The van der Waals surface area contributed by atoms with Gasteiger partial charge in [0.2, 0.25) is 0 Å². The summed E-state index contributed by atoms with van der Waals surface area (Å²) in [4.78, 5) is 0. The van der Waals surface area contributed by atoms with Crippen LogP contribution in [0.25, 0.3) is 0 Å². The van der Waals surface area contributed by atoms with Crippen molar-refractivity contribution in [2.75, 3.05) is 13.2 Å². The van der Waals surface area contributed by atoms with Crippen LogP contribution in [0.5, 0.6) is 0 Å². The predicted octanol–water partition coefficient (Wildman–Crippen LogP) is -6.37. The molecule has 0 aromatic carbocycles. The van der Waals surface area contributed by atoms with E-state index in [1.54, 1.807) is 0 Å². The average molecular weight is 345 g/mol. The summed E-state index contributed by atoms with van der Waals surface area (Å²) in [6, 6.07) is 0. The van der Waals surface area contributed by atoms with Gasteiger partial charge in [-0.15, -0.1) is 0 Å². The second kappa shape index (κ2) is 8.60. The van der Waals surface area contributed by atoms with Gasteiger partial charge in [0.1, 0.15) is 61.0 Å². The SMILES string of the molecule is [2H]C1(C(O)[C@@H](O)[C@@H](O)[C@H](O)[C@H](O)CO)O[C@H](CO)[C@@H](O)[C@H](O)[C@H]1O. The molecule has 11 nitrogen and oxygen atoms in total. The summed E-state index contributed by atoms with van der Waals surface area (Å²) in [5.74, 6) is 0. The smallest absolute Gasteiger partial charge is 0.115 e. The van der Waals surface area contributed by atoms with Gasteiger partial charge in [0.05, 0.1) is 14.6 Å². The first kappa shape index (κ1) is 18.9. The second-order valence-corrected chi connectivity index (χ2v) is 5.33. The molecular formula is C12H24O11. The van der Waals surface area contributed by atoms with Gasteiger partial charge >= 0.3 is 0 Å². The summed E-state index contributed by atoms with van der Waals surface area (Å²) in [5.41, 5.74) is 0. The Balaban J connectivity index is 2.99. The van der Waals surface area contributed by atoms with Crippen molar-refractivity contribution in [3.05, 3.63) is 0 Å². The Morgan fingerprint density at radius 3 is 1.87 bits per heavy atom. The van der Waals surface area contributed by atoms with Crippen LogP contribution in [-0.4, -0.2) is 125 Å². The van der Waals surface area contributed by atoms with Gasteiger partial charge in [-0.2, -0.15) is 0 Å². The van der Waals surface area contributed by atoms with Gasteiger partial charge in [0.25, 0.3) is 0 Å². The standard InChI is InChI=1S/C12H24O11/c13-1-3(15)5(16)7(18)9(20)11(22)12-10(21)8(19)6(17)4(2-14)23-12/h3-22H,1-2H2/t3-,4-,5-,6-,7+,8+,9+,10-,11?,12?/m1/s1/i12D. The molecule has 10 atom stereocenters. The van der Waals surface area contributed by atoms with Gasteiger partial charge in [-0.3, -0.25) is 0 Å². The number of hydrogen-bond donors (Lipinski definition) is 10. The van der Waals surface area contributed by atoms with E-state index in [-0.39, 0.29) is 0 Å². The second-order valence-electron chi connectivity index (χ2n) is 5.33. The number of ether oxygens (including phenoxy) is 1. The molecule has 0 spiro atoms. The molecule has 1 aliphatic rings. The summed E-state index contributed by atoms with van der Waals surface area (Å²) < 4.78 is 12.8. The minimum absolute atomic E-state index is 0.886. The molecule has 1 heterocycles. The molecule has 10 N–H and O–H groups in total. The van der Waals surface area contributed by atoms with Gasteiger partial charge in [-0.25, -0.2) is 0 Å². The Morgan fingerprint density at radius 1 is 0.826 bits per heavy atom. The monoisotopic (exact) mass is 345 g/mol. The Kier molecular flexibility index (Phi) is 7.06. The molecule has 23 heavy (non-hydrogen) atoms. The first-order chi connectivity index (χ1) is 11.0. The maximum absolute atomic E-state index is 10.1. The van der Waals surface area contributed by atoms with E-state index in [1.165, 1.54) is 0 Å². The molecule has 0 radical (unpaired) electrons. The van der Waals surface area contributed by atoms with E-state index in [2.05, 4.69) is 0 Å². The molecule has 0 amide bonds. The van der Waals surface area contributed by atoms with E-state index in [0.29, 0.717) is 0 Å². The van der Waals surface area contributed by atoms with Crippen LogP contribution < -0.4 is 0 Å². The largest absolute Gasteiger partial charge is 0.394 e. The normalized spacial score (nSPS) is 42.4. The number of hydrogen-bond acceptors (Lipinski definition) is 11. The summed E-state index contributed by atoms with van der Waals surface area (Å²) in [5, 5.41) is 95.3. The minimum Gasteiger partial charge on any atom is -0.394 e. The van der Waals surface area contributed by atoms with Crippen LogP contribution in [0.1, 0.15) is 1.37 Å². The number of rotatable bonds is 7. The van der Waals surface area contributed by atoms with Crippen molar-refractivity contribution in [1.29, 1.82) is 0 Å². The summed E-state index contributed by atoms with van der Waals surface area (Å²) in [6.07, 6.45) is -21.5. The van der Waals surface area contributed by atoms with Crippen molar-refractivity contribution in [2.24, 2.45) is 0 Å². The third-order valence-corrected chi connectivity index (χ3v) is 3.71. The van der Waals surface area contributed by atoms with Crippen LogP contribution in [0.3, 0.4) is 0 Å². The molecule has 0 aliphatic carbocycles. The predicted molar refractivity (Wildman–Crippen MR) is 70.9 cm³/mol. The van der Waals surface area contributed by atoms with Crippen LogP contribution >= 0.6 is 0 Å². The van der Waals surface area contributed by atoms with Crippen molar-refractivity contribution in [3.63, 3.8) is 0 Å². The van der Waals surface area contributed by atoms with Crippen LogP contribution in [0.2, 0.25) is 0 Å². The topological polar surface area (TPSA) is 212 Å². The Morgan fingerprint density at radius 2 is 1.39 bits per heavy atom. The van der Waals surface area contributed by atoms with Crippen molar-refractivity contribution >= 4 is 0 Å². The highest BCUT2D eigenvalue weighted by Gasteiger charge is 2.49. The molecule has 0 bridgehead atoms. The highest BCUT2D eigenvalue weighted by atomic mass is 16.6. The Labute approximate surface area is 132 Å². The maximum atomic E-state index is 10.1. The molecule has 0 saturated carbocycles. The van der Waals surface area contributed by atoms with Crippen molar-refractivity contribution in [2.45, 2.75) is 61.0 Å². The third kappa shape index (κ3) is 4.35. The fourth-order valence-corrected chi connectivity index (χ4v) is 2.17. The summed E-state index contributed by atoms with van der Waals surface area (Å²) >= 11 is 0. The van der Waals surface area contributed by atoms with Gasteiger partial charge < -0.3 is 55.8 Å². The van der Waals surface area contributed by atoms with Gasteiger partial charge in [0, 0.05) is 0 Å². The first-order valence-corrected chi connectivity index (χ1v) is 6.87. The zero-order valence-corrected chi connectivity index (χ0v) is 12.0. The summed E-state index contributed by atoms with van der Waals surface area (Å²) in [7, 11) is 0. The van der Waals surface area contributed by atoms with Crippen molar-refractivity contribution in [3.8, 4) is 0 Å². The van der Waals surface area contributed by atoms with E-state index in [4.69, 9.17) is 16.3 Å². The molecule has 1 fully saturated rings. The molecule has 1 saturated heterocycles. The van der Waals surface area contributed by atoms with Gasteiger partial charge in [0.15, 0.2) is 0 Å². The molecule has 138 valence electrons. The quantitative estimate of drug-likeness (QED) is 0.209. The molecule has 2 unspecified atom stereocenters. The van der Waals surface area contributed by atoms with E-state index < -0.39 is 74.2 Å². The van der Waals surface area contributed by atoms with Crippen molar-refractivity contribution < 1.29 is 57.2 Å². The van der Waals surface area contributed by atoms with Crippen LogP contribution in [0.4, 0.5) is 0 Å². The fraction of sp³-hybridized carbons (Fsp3) is 1.00. The van der Waals surface area contributed by atoms with Gasteiger partial charge in [-0.05, 0) is 0 Å². The molecule has 0 aromatic rings. The van der Waals surface area contributed by atoms with Gasteiger partial charge in [-0.1, -0.05) is 0 Å². The number of aliphatic hydroxyl groups excluding tert-OH is 10. The van der Waals surface area contributed by atoms with E-state index in [9.17, 15) is 40.9 Å². The lowest BCUT2D eigenvalue weighted by atomic mass is 9.88. The van der Waals surface area contributed by atoms with E-state index in [1.807, 2.05) is 0 Å². The van der Waals surface area contributed by atoms with E-state index in [0.717, 1.165) is 0 Å². The average Bonchev–Trinajstić information content (AvgIpc) is 2.59. The lowest BCUT2D eigenvalue weighted by molar-refractivity contribution is -0.264. The molecular weight excluding hydrogens is 320 g/mol.